The van der Waals surface area contributed by atoms with Crippen LogP contribution in [-0.2, 0) is 11.3 Å². The second-order valence-electron chi connectivity index (χ2n) is 8.66. The number of carbonyl (C=O) groups excluding carboxylic acids is 2. The van der Waals surface area contributed by atoms with E-state index < -0.39 is 0 Å². The molecule has 0 bridgehead atoms. The molecule has 3 N–H and O–H groups in total. The number of aromatic nitrogens is 3. The van der Waals surface area contributed by atoms with E-state index >= 15 is 0 Å². The molecule has 0 spiro atoms. The van der Waals surface area contributed by atoms with E-state index in [4.69, 9.17) is 10.5 Å². The molecule has 0 radical (unpaired) electrons. The zero-order chi connectivity index (χ0) is 24.1. The first kappa shape index (κ1) is 23.7. The number of fused-ring (bicyclic) bond motifs is 1. The fourth-order valence-electron chi connectivity index (χ4n) is 4.56. The molecule has 0 aliphatic carbocycles. The Morgan fingerprint density at radius 1 is 1.26 bits per heavy atom. The molecule has 4 rings (SSSR count). The molecule has 2 aromatic heterocycles. The molecule has 3 aromatic rings. The van der Waals surface area contributed by atoms with E-state index in [2.05, 4.69) is 22.2 Å². The summed E-state index contributed by atoms with van der Waals surface area (Å²) in [6.45, 7) is 4.04. The number of methoxy groups -OCH3 is 1. The second kappa shape index (κ2) is 10.6. The lowest BCUT2D eigenvalue weighted by molar-refractivity contribution is 0.0729. The number of amides is 2. The van der Waals surface area contributed by atoms with Crippen molar-refractivity contribution < 1.29 is 14.3 Å². The van der Waals surface area contributed by atoms with Gasteiger partial charge in [0, 0.05) is 50.3 Å². The second-order valence-corrected chi connectivity index (χ2v) is 8.66. The van der Waals surface area contributed by atoms with Crippen molar-refractivity contribution in [2.45, 2.75) is 51.6 Å². The lowest BCUT2D eigenvalue weighted by Gasteiger charge is -2.24. The first-order valence-corrected chi connectivity index (χ1v) is 11.8. The van der Waals surface area contributed by atoms with E-state index in [1.54, 1.807) is 43.6 Å². The van der Waals surface area contributed by atoms with Crippen molar-refractivity contribution in [1.29, 1.82) is 0 Å². The minimum absolute atomic E-state index is 0.00960. The van der Waals surface area contributed by atoms with Crippen LogP contribution in [-0.4, -0.2) is 57.6 Å². The third kappa shape index (κ3) is 5.04. The fourth-order valence-corrected chi connectivity index (χ4v) is 4.56. The summed E-state index contributed by atoms with van der Waals surface area (Å²) < 4.78 is 7.04. The van der Waals surface area contributed by atoms with Crippen LogP contribution in [0.25, 0.3) is 11.2 Å². The van der Waals surface area contributed by atoms with Crippen LogP contribution >= 0.6 is 0 Å². The number of hydrogen-bond donors (Lipinski definition) is 2. The Labute approximate surface area is 199 Å². The van der Waals surface area contributed by atoms with Gasteiger partial charge in [-0.2, -0.15) is 0 Å². The number of benzene rings is 1. The van der Waals surface area contributed by atoms with Crippen LogP contribution in [0, 0.1) is 0 Å². The summed E-state index contributed by atoms with van der Waals surface area (Å²) in [7, 11) is 1.65. The number of imidazole rings is 1. The van der Waals surface area contributed by atoms with Crippen LogP contribution in [0.3, 0.4) is 0 Å². The number of nitrogens with two attached hydrogens (primary N) is 1. The maximum absolute atomic E-state index is 13.2. The number of pyridine rings is 1. The molecule has 1 aliphatic heterocycles. The van der Waals surface area contributed by atoms with Crippen LogP contribution in [0.5, 0.6) is 0 Å². The molecular formula is C25H32N6O3. The summed E-state index contributed by atoms with van der Waals surface area (Å²) >= 11 is 0. The molecule has 3 heterocycles. The van der Waals surface area contributed by atoms with Crippen LogP contribution in [0.15, 0.2) is 36.5 Å². The van der Waals surface area contributed by atoms with Gasteiger partial charge in [0.1, 0.15) is 5.52 Å². The maximum atomic E-state index is 13.2. The van der Waals surface area contributed by atoms with Crippen molar-refractivity contribution in [3.8, 4) is 0 Å². The minimum Gasteiger partial charge on any atom is -0.399 e. The Bertz CT molecular complexity index is 1170. The first-order chi connectivity index (χ1) is 16.5. The number of rotatable bonds is 9. The van der Waals surface area contributed by atoms with Gasteiger partial charge in [0.2, 0.25) is 5.95 Å². The Morgan fingerprint density at radius 3 is 2.88 bits per heavy atom. The number of aryl methyl sites for hydroxylation is 1. The van der Waals surface area contributed by atoms with Crippen LogP contribution in [0.2, 0.25) is 0 Å². The Morgan fingerprint density at radius 2 is 2.12 bits per heavy atom. The molecule has 9 heteroatoms. The molecule has 2 amide bonds. The number of nitrogens with one attached hydrogen (secondary N) is 1. The third-order valence-electron chi connectivity index (χ3n) is 6.20. The summed E-state index contributed by atoms with van der Waals surface area (Å²) in [6.07, 6.45) is 6.47. The highest BCUT2D eigenvalue weighted by Gasteiger charge is 2.29. The van der Waals surface area contributed by atoms with E-state index in [0.29, 0.717) is 47.1 Å². The molecule has 1 atom stereocenters. The normalized spacial score (nSPS) is 15.7. The molecule has 1 aromatic carbocycles. The smallest absolute Gasteiger partial charge is 0.258 e. The van der Waals surface area contributed by atoms with E-state index in [0.717, 1.165) is 38.6 Å². The van der Waals surface area contributed by atoms with Crippen molar-refractivity contribution in [2.24, 2.45) is 0 Å². The standard InChI is InChI=1S/C25H32N6O3/c1-3-7-20-10-5-11-30(20)24(33)18-15-21-22(27-16-18)31(12-6-13-34-2)25(28-21)29-23(32)17-8-4-9-19(26)14-17/h4,8-9,14-16,20H,3,5-7,10-13,26H2,1-2H3,(H,28,29,32). The van der Waals surface area contributed by atoms with Crippen LogP contribution in [0.4, 0.5) is 11.6 Å². The maximum Gasteiger partial charge on any atom is 0.258 e. The first-order valence-electron chi connectivity index (χ1n) is 11.8. The number of nitrogen functional groups attached to an aromatic ring is 1. The zero-order valence-corrected chi connectivity index (χ0v) is 19.8. The summed E-state index contributed by atoms with van der Waals surface area (Å²) in [5, 5.41) is 2.88. The summed E-state index contributed by atoms with van der Waals surface area (Å²) in [5.41, 5.74) is 8.47. The molecule has 1 unspecified atom stereocenters. The van der Waals surface area contributed by atoms with E-state index in [1.165, 1.54) is 0 Å². The van der Waals surface area contributed by atoms with Crippen molar-refractivity contribution in [3.05, 3.63) is 47.7 Å². The minimum atomic E-state index is -0.314. The zero-order valence-electron chi connectivity index (χ0n) is 19.8. The molecule has 1 aliphatic rings. The largest absolute Gasteiger partial charge is 0.399 e. The predicted molar refractivity (Wildman–Crippen MR) is 132 cm³/mol. The van der Waals surface area contributed by atoms with Crippen LogP contribution in [0.1, 0.15) is 59.7 Å². The number of likely N-dealkylation sites (tertiary alicyclic amines) is 1. The monoisotopic (exact) mass is 464 g/mol. The number of anilines is 2. The van der Waals surface area contributed by atoms with Gasteiger partial charge in [0.15, 0.2) is 5.65 Å². The molecule has 9 nitrogen and oxygen atoms in total. The number of nitrogens with zero attached hydrogens (tertiary/aromatic N) is 4. The molecule has 34 heavy (non-hydrogen) atoms. The van der Waals surface area contributed by atoms with Crippen molar-refractivity contribution in [3.63, 3.8) is 0 Å². The topological polar surface area (TPSA) is 115 Å². The summed E-state index contributed by atoms with van der Waals surface area (Å²) in [5.74, 6) is 0.0525. The quantitative estimate of drug-likeness (QED) is 0.368. The van der Waals surface area contributed by atoms with Gasteiger partial charge in [-0.3, -0.25) is 19.5 Å². The highest BCUT2D eigenvalue weighted by molar-refractivity contribution is 6.04. The summed E-state index contributed by atoms with van der Waals surface area (Å²) in [6, 6.07) is 8.83. The van der Waals surface area contributed by atoms with E-state index in [1.807, 2.05) is 9.47 Å². The number of ether oxygens (including phenoxy) is 1. The van der Waals surface area contributed by atoms with Gasteiger partial charge in [-0.15, -0.1) is 0 Å². The van der Waals surface area contributed by atoms with Crippen LogP contribution < -0.4 is 11.1 Å². The lowest BCUT2D eigenvalue weighted by atomic mass is 10.1. The average Bonchev–Trinajstić information content (AvgIpc) is 3.43. The van der Waals surface area contributed by atoms with E-state index in [9.17, 15) is 9.59 Å². The van der Waals surface area contributed by atoms with Crippen molar-refractivity contribution in [1.82, 2.24) is 19.4 Å². The highest BCUT2D eigenvalue weighted by Crippen LogP contribution is 2.25. The Kier molecular flexibility index (Phi) is 7.42. The number of hydrogen-bond acceptors (Lipinski definition) is 6. The average molecular weight is 465 g/mol. The molecule has 1 fully saturated rings. The SMILES string of the molecule is CCCC1CCCN1C(=O)c1cnc2c(c1)nc(NC(=O)c1cccc(N)c1)n2CCCOC. The van der Waals surface area contributed by atoms with Gasteiger partial charge in [-0.1, -0.05) is 19.4 Å². The molecule has 0 saturated carbocycles. The van der Waals surface area contributed by atoms with E-state index in [-0.39, 0.29) is 17.9 Å². The third-order valence-corrected chi connectivity index (χ3v) is 6.20. The van der Waals surface area contributed by atoms with Gasteiger partial charge in [-0.05, 0) is 49.9 Å². The fraction of sp³-hybridized carbons (Fsp3) is 0.440. The van der Waals surface area contributed by atoms with Crippen molar-refractivity contribution >= 4 is 34.6 Å². The molecule has 180 valence electrons. The van der Waals surface area contributed by atoms with Gasteiger partial charge < -0.3 is 15.4 Å². The predicted octanol–water partition coefficient (Wildman–Crippen LogP) is 3.71. The summed E-state index contributed by atoms with van der Waals surface area (Å²) in [4.78, 5) is 37.2. The highest BCUT2D eigenvalue weighted by atomic mass is 16.5. The molecular weight excluding hydrogens is 432 g/mol. The van der Waals surface area contributed by atoms with Gasteiger partial charge >= 0.3 is 0 Å². The Hall–Kier alpha value is -3.46. The molecule has 1 saturated heterocycles. The van der Waals surface area contributed by atoms with Gasteiger partial charge in [0.25, 0.3) is 11.8 Å². The van der Waals surface area contributed by atoms with Gasteiger partial charge in [0.05, 0.1) is 5.56 Å². The Balaban J connectivity index is 1.64. The van der Waals surface area contributed by atoms with Crippen molar-refractivity contribution in [2.75, 3.05) is 31.3 Å². The lowest BCUT2D eigenvalue weighted by Crippen LogP contribution is -2.35. The number of carbonyl (C=O) groups is 2. The van der Waals surface area contributed by atoms with Gasteiger partial charge in [-0.25, -0.2) is 9.97 Å².